The second-order valence-electron chi connectivity index (χ2n) is 4.64. The first-order chi connectivity index (χ1) is 4.15. The molecule has 0 rings (SSSR count). The van der Waals surface area contributed by atoms with Gasteiger partial charge in [-0.2, -0.15) is 0 Å². The van der Waals surface area contributed by atoms with E-state index in [1.807, 2.05) is 0 Å². The van der Waals surface area contributed by atoms with Gasteiger partial charge in [-0.05, 0) is 0 Å². The quantitative estimate of drug-likeness (QED) is 0.438. The van der Waals surface area contributed by atoms with E-state index in [1.165, 1.54) is 0 Å². The molecule has 0 aromatic carbocycles. The predicted octanol–water partition coefficient (Wildman–Crippen LogP) is 3.15. The van der Waals surface area contributed by atoms with Gasteiger partial charge >= 0.3 is 74.0 Å². The molecule has 0 unspecified atom stereocenters. The molecule has 10 heavy (non-hydrogen) atoms. The molecule has 0 fully saturated rings. The first kappa shape index (κ1) is 10.9. The predicted molar refractivity (Wildman–Crippen MR) is 52.2 cm³/mol. The summed E-state index contributed by atoms with van der Waals surface area (Å²) in [5, 5.41) is 0.904. The van der Waals surface area contributed by atoms with E-state index in [1.54, 1.807) is 0 Å². The molecule has 0 saturated heterocycles. The molecule has 1 radical (unpaired) electrons. The monoisotopic (exact) mass is 225 g/mol. The zero-order valence-electron chi connectivity index (χ0n) is 7.86. The van der Waals surface area contributed by atoms with Gasteiger partial charge in [-0.3, -0.25) is 0 Å². The van der Waals surface area contributed by atoms with Gasteiger partial charge in [-0.15, -0.1) is 0 Å². The fourth-order valence-corrected chi connectivity index (χ4v) is 3.02. The summed E-state index contributed by atoms with van der Waals surface area (Å²) in [6, 6.07) is 0. The van der Waals surface area contributed by atoms with Crippen LogP contribution < -0.4 is 0 Å². The fraction of sp³-hybridized carbons (Fsp3) is 1.00. The summed E-state index contributed by atoms with van der Waals surface area (Å²) in [6.07, 6.45) is 0. The van der Waals surface area contributed by atoms with E-state index in [2.05, 4.69) is 57.1 Å². The molecule has 0 bridgehead atoms. The Morgan fingerprint density at radius 3 is 1.00 bits per heavy atom. The van der Waals surface area contributed by atoms with Crippen molar-refractivity contribution < 1.29 is 0 Å². The van der Waals surface area contributed by atoms with Gasteiger partial charge in [0, 0.05) is 0 Å². The van der Waals surface area contributed by atoms with E-state index < -0.39 is 0 Å². The van der Waals surface area contributed by atoms with Gasteiger partial charge in [-0.25, -0.2) is 0 Å². The SMILES string of the molecule is CC(C)(C)P([Se])C(C)(C)C. The van der Waals surface area contributed by atoms with Crippen LogP contribution in [0.25, 0.3) is 0 Å². The Hall–Kier alpha value is 0.949. The molecular weight excluding hydrogens is 206 g/mol. The van der Waals surface area contributed by atoms with Gasteiger partial charge in [0.25, 0.3) is 0 Å². The molecule has 0 nitrogen and oxygen atoms in total. The van der Waals surface area contributed by atoms with Crippen LogP contribution in [0.5, 0.6) is 0 Å². The van der Waals surface area contributed by atoms with Gasteiger partial charge < -0.3 is 0 Å². The number of hydrogen-bond acceptors (Lipinski definition) is 0. The van der Waals surface area contributed by atoms with Crippen molar-refractivity contribution in [3.63, 3.8) is 0 Å². The summed E-state index contributed by atoms with van der Waals surface area (Å²) in [4.78, 5) is 0. The van der Waals surface area contributed by atoms with Crippen molar-refractivity contribution in [2.45, 2.75) is 51.9 Å². The number of hydrogen-bond donors (Lipinski definition) is 0. The van der Waals surface area contributed by atoms with Crippen molar-refractivity contribution in [1.82, 2.24) is 0 Å². The van der Waals surface area contributed by atoms with E-state index >= 15 is 0 Å². The molecule has 0 aliphatic heterocycles. The van der Waals surface area contributed by atoms with Gasteiger partial charge in [0.15, 0.2) is 0 Å². The van der Waals surface area contributed by atoms with Crippen molar-refractivity contribution in [2.75, 3.05) is 0 Å². The number of rotatable bonds is 0. The Kier molecular flexibility index (Phi) is 3.43. The molecule has 0 heterocycles. The van der Waals surface area contributed by atoms with Crippen molar-refractivity contribution in [3.8, 4) is 0 Å². The van der Waals surface area contributed by atoms with E-state index in [-0.39, 0.29) is 6.61 Å². The standard InChI is InChI=1S/C8H18PSe/c1-7(2,3)9(10)8(4,5)6/h1-6H3. The molecule has 0 amide bonds. The Morgan fingerprint density at radius 1 is 0.800 bits per heavy atom. The summed E-state index contributed by atoms with van der Waals surface area (Å²) in [6.45, 7) is 13.8. The van der Waals surface area contributed by atoms with Crippen molar-refractivity contribution in [3.05, 3.63) is 0 Å². The van der Waals surface area contributed by atoms with Gasteiger partial charge in [-0.1, -0.05) is 0 Å². The first-order valence-corrected chi connectivity index (χ1v) is 7.19. The Morgan fingerprint density at radius 2 is 1.00 bits per heavy atom. The second-order valence-corrected chi connectivity index (χ2v) is 10.2. The minimum atomic E-state index is 0.0123. The summed E-state index contributed by atoms with van der Waals surface area (Å²) in [7, 11) is 0. The van der Waals surface area contributed by atoms with Gasteiger partial charge in [0.2, 0.25) is 0 Å². The minimum absolute atomic E-state index is 0.0123. The molecule has 61 valence electrons. The molecule has 0 atom stereocenters. The van der Waals surface area contributed by atoms with Crippen molar-refractivity contribution in [2.24, 2.45) is 0 Å². The Balaban J connectivity index is 4.23. The van der Waals surface area contributed by atoms with Crippen LogP contribution >= 0.6 is 6.61 Å². The third-order valence-electron chi connectivity index (χ3n) is 1.22. The van der Waals surface area contributed by atoms with Crippen LogP contribution in [0, 0.1) is 0 Å². The van der Waals surface area contributed by atoms with Crippen molar-refractivity contribution in [1.29, 1.82) is 0 Å². The molecule has 0 aromatic rings. The third-order valence-corrected chi connectivity index (χ3v) is 10.6. The second kappa shape index (κ2) is 3.13. The molecule has 0 spiro atoms. The maximum absolute atomic E-state index is 3.32. The van der Waals surface area contributed by atoms with Crippen LogP contribution in [0.2, 0.25) is 0 Å². The Bertz CT molecular complexity index is 93.4. The summed E-state index contributed by atoms with van der Waals surface area (Å²) in [5.74, 6) is 0. The molecule has 0 saturated carbocycles. The van der Waals surface area contributed by atoms with Crippen LogP contribution in [0.4, 0.5) is 0 Å². The molecule has 2 heteroatoms. The summed E-state index contributed by atoms with van der Waals surface area (Å²) < 4.78 is 0. The van der Waals surface area contributed by atoms with Gasteiger partial charge in [0.1, 0.15) is 0 Å². The van der Waals surface area contributed by atoms with E-state index in [9.17, 15) is 0 Å². The van der Waals surface area contributed by atoms with E-state index in [4.69, 9.17) is 0 Å². The van der Waals surface area contributed by atoms with Crippen molar-refractivity contribution >= 4 is 22.2 Å². The third kappa shape index (κ3) is 3.37. The van der Waals surface area contributed by atoms with Gasteiger partial charge in [0.05, 0.1) is 0 Å². The van der Waals surface area contributed by atoms with Crippen LogP contribution in [0.1, 0.15) is 41.5 Å². The van der Waals surface area contributed by atoms with Crippen LogP contribution in [-0.4, -0.2) is 25.9 Å². The fourth-order valence-electron chi connectivity index (χ4n) is 1.01. The molecule has 0 aliphatic carbocycles. The summed E-state index contributed by atoms with van der Waals surface area (Å²) in [5.41, 5.74) is 0. The molecule has 0 N–H and O–H groups in total. The van der Waals surface area contributed by atoms with Crippen LogP contribution in [0.15, 0.2) is 0 Å². The maximum atomic E-state index is 3.32. The van der Waals surface area contributed by atoms with Crippen LogP contribution in [-0.2, 0) is 0 Å². The zero-order chi connectivity index (χ0) is 8.58. The Labute approximate surface area is 74.3 Å². The van der Waals surface area contributed by atoms with E-state index in [0.29, 0.717) is 10.3 Å². The molecule has 0 aliphatic rings. The average molecular weight is 224 g/mol. The average Bonchev–Trinajstić information content (AvgIpc) is 1.59. The van der Waals surface area contributed by atoms with E-state index in [0.717, 1.165) is 0 Å². The topological polar surface area (TPSA) is 0 Å². The normalized spacial score (nSPS) is 14.4. The molecular formula is C8H18PSe. The van der Waals surface area contributed by atoms with Crippen LogP contribution in [0.3, 0.4) is 0 Å². The summed E-state index contributed by atoms with van der Waals surface area (Å²) >= 11 is 3.32. The first-order valence-electron chi connectivity index (χ1n) is 3.63. The molecule has 0 aromatic heterocycles. The zero-order valence-corrected chi connectivity index (χ0v) is 10.5.